The number of rotatable bonds is 6. The lowest BCUT2D eigenvalue weighted by molar-refractivity contribution is -0.124. The number of thiazole rings is 1. The second kappa shape index (κ2) is 10.4. The normalized spacial score (nSPS) is 16.3. The summed E-state index contributed by atoms with van der Waals surface area (Å²) in [6, 6.07) is 0. The van der Waals surface area contributed by atoms with Crippen LogP contribution < -0.4 is 11.1 Å². The van der Waals surface area contributed by atoms with E-state index in [4.69, 9.17) is 5.73 Å². The summed E-state index contributed by atoms with van der Waals surface area (Å²) in [5.41, 5.74) is 5.97. The molecule has 1 aliphatic rings. The van der Waals surface area contributed by atoms with Crippen molar-refractivity contribution < 1.29 is 4.79 Å². The summed E-state index contributed by atoms with van der Waals surface area (Å²) < 4.78 is 0. The Morgan fingerprint density at radius 1 is 1.36 bits per heavy atom. The van der Waals surface area contributed by atoms with Crippen molar-refractivity contribution in [3.8, 4) is 0 Å². The Morgan fingerprint density at radius 2 is 2.05 bits per heavy atom. The van der Waals surface area contributed by atoms with Gasteiger partial charge in [-0.05, 0) is 31.2 Å². The number of carbonyl (C=O) groups is 1. The van der Waals surface area contributed by atoms with Gasteiger partial charge in [0.05, 0.1) is 6.54 Å². The number of hydrogen-bond donors (Lipinski definition) is 2. The number of nitrogens with one attached hydrogen (secondary N) is 1. The second-order valence-corrected chi connectivity index (χ2v) is 6.99. The minimum atomic E-state index is 0. The van der Waals surface area contributed by atoms with Gasteiger partial charge in [0.15, 0.2) is 0 Å². The lowest BCUT2D eigenvalue weighted by atomic mass is 9.72. The van der Waals surface area contributed by atoms with Gasteiger partial charge in [0.2, 0.25) is 5.91 Å². The van der Waals surface area contributed by atoms with Crippen molar-refractivity contribution in [2.75, 3.05) is 6.54 Å². The molecule has 128 valence electrons. The van der Waals surface area contributed by atoms with Gasteiger partial charge in [0.1, 0.15) is 5.01 Å². The van der Waals surface area contributed by atoms with Gasteiger partial charge >= 0.3 is 0 Å². The van der Waals surface area contributed by atoms with Gasteiger partial charge in [0.25, 0.3) is 0 Å². The van der Waals surface area contributed by atoms with Crippen LogP contribution in [0.25, 0.3) is 0 Å². The maximum Gasteiger partial charge on any atom is 0.220 e. The Bertz CT molecular complexity index is 448. The molecule has 0 atom stereocenters. The molecular formula is C15H27Cl2N3OS. The van der Waals surface area contributed by atoms with Crippen LogP contribution in [0.3, 0.4) is 0 Å². The summed E-state index contributed by atoms with van der Waals surface area (Å²) >= 11 is 1.68. The van der Waals surface area contributed by atoms with Crippen LogP contribution in [0.1, 0.15) is 55.3 Å². The molecule has 4 nitrogen and oxygen atoms in total. The predicted molar refractivity (Wildman–Crippen MR) is 97.0 cm³/mol. The standard InChI is InChI=1S/C15H25N3OS.2ClH/c1-2-12-9-18-14(20-12)10-17-13(19)8-15(11-16)6-4-3-5-7-15;;/h9H,2-8,10-11,16H2,1H3,(H,17,19);2*1H. The molecule has 7 heteroatoms. The molecule has 22 heavy (non-hydrogen) atoms. The first-order valence-electron chi connectivity index (χ1n) is 7.58. The topological polar surface area (TPSA) is 68.0 Å². The molecule has 2 rings (SSSR count). The first kappa shape index (κ1) is 21.6. The molecule has 0 aliphatic heterocycles. The van der Waals surface area contributed by atoms with Crippen molar-refractivity contribution in [3.05, 3.63) is 16.1 Å². The summed E-state index contributed by atoms with van der Waals surface area (Å²) in [6.45, 7) is 3.28. The van der Waals surface area contributed by atoms with Crippen molar-refractivity contribution >= 4 is 42.1 Å². The van der Waals surface area contributed by atoms with E-state index in [0.717, 1.165) is 24.3 Å². The molecular weight excluding hydrogens is 341 g/mol. The Morgan fingerprint density at radius 3 is 2.59 bits per heavy atom. The van der Waals surface area contributed by atoms with Crippen molar-refractivity contribution in [1.82, 2.24) is 10.3 Å². The summed E-state index contributed by atoms with van der Waals surface area (Å²) in [5, 5.41) is 3.98. The van der Waals surface area contributed by atoms with E-state index in [9.17, 15) is 4.79 Å². The van der Waals surface area contributed by atoms with Crippen LogP contribution in [0.2, 0.25) is 0 Å². The maximum atomic E-state index is 12.1. The largest absolute Gasteiger partial charge is 0.350 e. The molecule has 1 aromatic heterocycles. The zero-order valence-electron chi connectivity index (χ0n) is 13.1. The van der Waals surface area contributed by atoms with Crippen LogP contribution in [0.15, 0.2) is 6.20 Å². The van der Waals surface area contributed by atoms with Crippen LogP contribution in [0.5, 0.6) is 0 Å². The maximum absolute atomic E-state index is 12.1. The molecule has 0 unspecified atom stereocenters. The van der Waals surface area contributed by atoms with E-state index in [0.29, 0.717) is 19.5 Å². The number of nitrogens with zero attached hydrogens (tertiary/aromatic N) is 1. The summed E-state index contributed by atoms with van der Waals surface area (Å²) in [5.74, 6) is 0.116. The van der Waals surface area contributed by atoms with E-state index in [2.05, 4.69) is 17.2 Å². The highest BCUT2D eigenvalue weighted by atomic mass is 35.5. The van der Waals surface area contributed by atoms with Crippen LogP contribution in [0.4, 0.5) is 0 Å². The van der Waals surface area contributed by atoms with Crippen LogP contribution in [0, 0.1) is 5.41 Å². The van der Waals surface area contributed by atoms with E-state index in [1.165, 1.54) is 24.1 Å². The Kier molecular flexibility index (Phi) is 10.3. The SMILES string of the molecule is CCc1cnc(CNC(=O)CC2(CN)CCCCC2)s1.Cl.Cl. The minimum Gasteiger partial charge on any atom is -0.350 e. The molecule has 0 bridgehead atoms. The Hall–Kier alpha value is -0.360. The fourth-order valence-electron chi connectivity index (χ4n) is 2.93. The number of aryl methyl sites for hydroxylation is 1. The molecule has 1 amide bonds. The Balaban J connectivity index is 0.00000220. The van der Waals surface area contributed by atoms with Crippen molar-refractivity contribution in [3.63, 3.8) is 0 Å². The number of aromatic nitrogens is 1. The van der Waals surface area contributed by atoms with E-state index in [1.54, 1.807) is 11.3 Å². The lowest BCUT2D eigenvalue weighted by Gasteiger charge is -2.35. The van der Waals surface area contributed by atoms with Gasteiger partial charge in [0, 0.05) is 17.5 Å². The van der Waals surface area contributed by atoms with Gasteiger partial charge in [-0.2, -0.15) is 0 Å². The molecule has 1 heterocycles. The third-order valence-electron chi connectivity index (χ3n) is 4.27. The van der Waals surface area contributed by atoms with Crippen molar-refractivity contribution in [2.24, 2.45) is 11.1 Å². The fourth-order valence-corrected chi connectivity index (χ4v) is 3.73. The number of hydrogen-bond acceptors (Lipinski definition) is 4. The van der Waals surface area contributed by atoms with E-state index in [-0.39, 0.29) is 36.1 Å². The molecule has 3 N–H and O–H groups in total. The quantitative estimate of drug-likeness (QED) is 0.808. The minimum absolute atomic E-state index is 0. The highest BCUT2D eigenvalue weighted by Gasteiger charge is 2.32. The van der Waals surface area contributed by atoms with E-state index < -0.39 is 0 Å². The number of carbonyl (C=O) groups excluding carboxylic acids is 1. The highest BCUT2D eigenvalue weighted by Crippen LogP contribution is 2.38. The molecule has 0 aromatic carbocycles. The summed E-state index contributed by atoms with van der Waals surface area (Å²) in [6.07, 6.45) is 9.34. The van der Waals surface area contributed by atoms with E-state index in [1.807, 2.05) is 6.20 Å². The Labute approximate surface area is 149 Å². The van der Waals surface area contributed by atoms with Crippen molar-refractivity contribution in [1.29, 1.82) is 0 Å². The van der Waals surface area contributed by atoms with Gasteiger partial charge in [-0.25, -0.2) is 4.98 Å². The molecule has 0 radical (unpaired) electrons. The molecule has 0 spiro atoms. The second-order valence-electron chi connectivity index (χ2n) is 5.79. The van der Waals surface area contributed by atoms with Crippen LogP contribution >= 0.6 is 36.2 Å². The first-order valence-corrected chi connectivity index (χ1v) is 8.39. The summed E-state index contributed by atoms with van der Waals surface area (Å²) in [7, 11) is 0. The number of halogens is 2. The van der Waals surface area contributed by atoms with Crippen LogP contribution in [-0.2, 0) is 17.8 Å². The predicted octanol–water partition coefficient (Wildman–Crippen LogP) is 3.46. The number of amides is 1. The smallest absolute Gasteiger partial charge is 0.220 e. The van der Waals surface area contributed by atoms with Gasteiger partial charge in [-0.1, -0.05) is 26.2 Å². The molecule has 1 aliphatic carbocycles. The van der Waals surface area contributed by atoms with Gasteiger partial charge < -0.3 is 11.1 Å². The third-order valence-corrected chi connectivity index (χ3v) is 5.41. The monoisotopic (exact) mass is 367 g/mol. The molecule has 0 saturated heterocycles. The fraction of sp³-hybridized carbons (Fsp3) is 0.733. The lowest BCUT2D eigenvalue weighted by Crippen LogP contribution is -2.38. The summed E-state index contributed by atoms with van der Waals surface area (Å²) in [4.78, 5) is 17.7. The first-order chi connectivity index (χ1) is 9.67. The van der Waals surface area contributed by atoms with Crippen LogP contribution in [-0.4, -0.2) is 17.4 Å². The third kappa shape index (κ3) is 6.03. The van der Waals surface area contributed by atoms with Gasteiger partial charge in [-0.3, -0.25) is 4.79 Å². The number of nitrogens with two attached hydrogens (primary N) is 1. The average Bonchev–Trinajstić information content (AvgIpc) is 2.94. The molecule has 1 fully saturated rings. The highest BCUT2D eigenvalue weighted by molar-refractivity contribution is 7.11. The zero-order chi connectivity index (χ0) is 14.4. The zero-order valence-corrected chi connectivity index (χ0v) is 15.5. The molecule has 1 aromatic rings. The van der Waals surface area contributed by atoms with Crippen molar-refractivity contribution in [2.45, 2.75) is 58.4 Å². The average molecular weight is 368 g/mol. The molecule has 1 saturated carbocycles. The van der Waals surface area contributed by atoms with Gasteiger partial charge in [-0.15, -0.1) is 36.2 Å². The van der Waals surface area contributed by atoms with E-state index >= 15 is 0 Å².